The summed E-state index contributed by atoms with van der Waals surface area (Å²) >= 11 is 4.85. The van der Waals surface area contributed by atoms with Crippen LogP contribution >= 0.6 is 12.2 Å². The van der Waals surface area contributed by atoms with E-state index in [2.05, 4.69) is 25.7 Å². The minimum atomic E-state index is 0.628. The lowest BCUT2D eigenvalue weighted by Crippen LogP contribution is -2.29. The quantitative estimate of drug-likeness (QED) is 0.641. The van der Waals surface area contributed by atoms with Crippen LogP contribution in [0.25, 0.3) is 0 Å². The molecule has 78 valence electrons. The van der Waals surface area contributed by atoms with Crippen molar-refractivity contribution in [3.05, 3.63) is 0 Å². The highest BCUT2D eigenvalue weighted by Gasteiger charge is 2.03. The molecule has 0 fully saturated rings. The van der Waals surface area contributed by atoms with E-state index in [0.29, 0.717) is 4.99 Å². The van der Waals surface area contributed by atoms with Crippen molar-refractivity contribution in [2.45, 2.75) is 33.6 Å². The van der Waals surface area contributed by atoms with E-state index in [1.165, 1.54) is 6.42 Å². The van der Waals surface area contributed by atoms with Crippen LogP contribution in [0.4, 0.5) is 0 Å². The largest absolute Gasteiger partial charge is 0.393 e. The molecule has 0 saturated carbocycles. The molecule has 0 aromatic carbocycles. The Morgan fingerprint density at radius 3 is 2.38 bits per heavy atom. The number of nitrogens with zero attached hydrogens (tertiary/aromatic N) is 1. The average Bonchev–Trinajstić information content (AvgIpc) is 2.04. The summed E-state index contributed by atoms with van der Waals surface area (Å²) in [7, 11) is 0. The van der Waals surface area contributed by atoms with E-state index in [1.807, 2.05) is 0 Å². The molecule has 0 aliphatic rings. The number of hydrogen-bond donors (Lipinski definition) is 1. The number of hydrogen-bond acceptors (Lipinski definition) is 2. The Kier molecular flexibility index (Phi) is 7.19. The van der Waals surface area contributed by atoms with E-state index in [0.717, 1.165) is 32.0 Å². The fourth-order valence-corrected chi connectivity index (χ4v) is 1.23. The van der Waals surface area contributed by atoms with E-state index < -0.39 is 0 Å². The minimum absolute atomic E-state index is 0.628. The lowest BCUT2D eigenvalue weighted by Gasteiger charge is -2.20. The number of nitrogens with two attached hydrogens (primary N) is 1. The first kappa shape index (κ1) is 12.8. The van der Waals surface area contributed by atoms with Crippen molar-refractivity contribution in [3.63, 3.8) is 0 Å². The summed E-state index contributed by atoms with van der Waals surface area (Å²) in [4.78, 5) is 3.03. The van der Waals surface area contributed by atoms with E-state index in [4.69, 9.17) is 18.0 Å². The van der Waals surface area contributed by atoms with Gasteiger partial charge in [0.05, 0.1) is 4.99 Å². The van der Waals surface area contributed by atoms with Gasteiger partial charge >= 0.3 is 0 Å². The second-order valence-electron chi connectivity index (χ2n) is 3.83. The van der Waals surface area contributed by atoms with Crippen LogP contribution in [-0.4, -0.2) is 29.5 Å². The highest BCUT2D eigenvalue weighted by atomic mass is 32.1. The van der Waals surface area contributed by atoms with Gasteiger partial charge in [-0.25, -0.2) is 0 Å². The lowest BCUT2D eigenvalue weighted by atomic mass is 10.1. The van der Waals surface area contributed by atoms with Crippen LogP contribution in [-0.2, 0) is 0 Å². The maximum atomic E-state index is 5.46. The zero-order valence-electron chi connectivity index (χ0n) is 9.05. The average molecular weight is 202 g/mol. The summed E-state index contributed by atoms with van der Waals surface area (Å²) in [5, 5.41) is 0. The zero-order valence-corrected chi connectivity index (χ0v) is 9.86. The van der Waals surface area contributed by atoms with Crippen molar-refractivity contribution in [2.24, 2.45) is 11.7 Å². The van der Waals surface area contributed by atoms with Gasteiger partial charge in [-0.2, -0.15) is 0 Å². The van der Waals surface area contributed by atoms with Crippen molar-refractivity contribution in [1.82, 2.24) is 4.90 Å². The monoisotopic (exact) mass is 202 g/mol. The van der Waals surface area contributed by atoms with Gasteiger partial charge in [-0.05, 0) is 25.4 Å². The summed E-state index contributed by atoms with van der Waals surface area (Å²) in [6, 6.07) is 0. The Labute approximate surface area is 87.5 Å². The molecule has 0 aromatic heterocycles. The van der Waals surface area contributed by atoms with Crippen LogP contribution < -0.4 is 5.73 Å². The van der Waals surface area contributed by atoms with Crippen LogP contribution in [0.1, 0.15) is 33.6 Å². The van der Waals surface area contributed by atoms with E-state index in [9.17, 15) is 0 Å². The Balaban J connectivity index is 3.57. The topological polar surface area (TPSA) is 29.3 Å². The second-order valence-corrected chi connectivity index (χ2v) is 4.36. The predicted molar refractivity (Wildman–Crippen MR) is 63.0 cm³/mol. The normalized spacial score (nSPS) is 11.2. The van der Waals surface area contributed by atoms with E-state index in [1.54, 1.807) is 0 Å². The highest BCUT2D eigenvalue weighted by Crippen LogP contribution is 2.02. The van der Waals surface area contributed by atoms with Crippen LogP contribution in [0.3, 0.4) is 0 Å². The van der Waals surface area contributed by atoms with Gasteiger partial charge in [0, 0.05) is 13.0 Å². The highest BCUT2D eigenvalue weighted by molar-refractivity contribution is 7.80. The standard InChI is InChI=1S/C10H22N2S/c1-4-12(7-5-9(2)3)8-6-10(11)13/h9H,4-8H2,1-3H3,(H2,11,13). The molecule has 0 bridgehead atoms. The molecule has 2 nitrogen and oxygen atoms in total. The zero-order chi connectivity index (χ0) is 10.3. The summed E-state index contributed by atoms with van der Waals surface area (Å²) in [6.07, 6.45) is 2.10. The molecule has 0 heterocycles. The molecule has 13 heavy (non-hydrogen) atoms. The molecular formula is C10H22N2S. The van der Waals surface area contributed by atoms with Gasteiger partial charge < -0.3 is 10.6 Å². The minimum Gasteiger partial charge on any atom is -0.393 e. The number of rotatable bonds is 7. The molecule has 2 N–H and O–H groups in total. The van der Waals surface area contributed by atoms with Crippen molar-refractivity contribution in [1.29, 1.82) is 0 Å². The fourth-order valence-electron chi connectivity index (χ4n) is 1.14. The number of thiocarbonyl (C=S) groups is 1. The Morgan fingerprint density at radius 1 is 1.38 bits per heavy atom. The summed E-state index contributed by atoms with van der Waals surface area (Å²) in [6.45, 7) is 9.95. The maximum Gasteiger partial charge on any atom is 0.0740 e. The van der Waals surface area contributed by atoms with Gasteiger partial charge in [-0.1, -0.05) is 33.0 Å². The van der Waals surface area contributed by atoms with Gasteiger partial charge in [-0.15, -0.1) is 0 Å². The second kappa shape index (κ2) is 7.27. The molecular weight excluding hydrogens is 180 g/mol. The molecule has 0 radical (unpaired) electrons. The van der Waals surface area contributed by atoms with E-state index in [-0.39, 0.29) is 0 Å². The molecule has 0 unspecified atom stereocenters. The maximum absolute atomic E-state index is 5.46. The molecule has 0 atom stereocenters. The molecule has 0 saturated heterocycles. The van der Waals surface area contributed by atoms with Gasteiger partial charge in [-0.3, -0.25) is 0 Å². The van der Waals surface area contributed by atoms with Crippen molar-refractivity contribution >= 4 is 17.2 Å². The Hall–Kier alpha value is -0.150. The van der Waals surface area contributed by atoms with Gasteiger partial charge in [0.15, 0.2) is 0 Å². The first-order chi connectivity index (χ1) is 6.06. The molecule has 0 aliphatic heterocycles. The fraction of sp³-hybridized carbons (Fsp3) is 0.900. The summed E-state index contributed by atoms with van der Waals surface area (Å²) in [5.74, 6) is 0.777. The molecule has 0 aromatic rings. The van der Waals surface area contributed by atoms with Crippen LogP contribution in [0.15, 0.2) is 0 Å². The van der Waals surface area contributed by atoms with E-state index >= 15 is 0 Å². The first-order valence-electron chi connectivity index (χ1n) is 5.07. The molecule has 0 amide bonds. The van der Waals surface area contributed by atoms with Gasteiger partial charge in [0.1, 0.15) is 0 Å². The predicted octanol–water partition coefficient (Wildman–Crippen LogP) is 2.03. The smallest absolute Gasteiger partial charge is 0.0740 e. The van der Waals surface area contributed by atoms with Crippen LogP contribution in [0.2, 0.25) is 0 Å². The molecule has 3 heteroatoms. The third kappa shape index (κ3) is 8.19. The van der Waals surface area contributed by atoms with Crippen molar-refractivity contribution in [3.8, 4) is 0 Å². The van der Waals surface area contributed by atoms with Crippen molar-refractivity contribution < 1.29 is 0 Å². The lowest BCUT2D eigenvalue weighted by molar-refractivity contribution is 0.278. The summed E-state index contributed by atoms with van der Waals surface area (Å²) < 4.78 is 0. The molecule has 0 rings (SSSR count). The molecule has 0 aliphatic carbocycles. The van der Waals surface area contributed by atoms with Crippen molar-refractivity contribution in [2.75, 3.05) is 19.6 Å². The van der Waals surface area contributed by atoms with Crippen LogP contribution in [0.5, 0.6) is 0 Å². The first-order valence-corrected chi connectivity index (χ1v) is 5.47. The summed E-state index contributed by atoms with van der Waals surface area (Å²) in [5.41, 5.74) is 5.46. The third-order valence-electron chi connectivity index (χ3n) is 2.14. The van der Waals surface area contributed by atoms with Gasteiger partial charge in [0.25, 0.3) is 0 Å². The molecule has 0 spiro atoms. The van der Waals surface area contributed by atoms with Gasteiger partial charge in [0.2, 0.25) is 0 Å². The Morgan fingerprint density at radius 2 is 2.00 bits per heavy atom. The Bertz CT molecular complexity index is 146. The van der Waals surface area contributed by atoms with Crippen LogP contribution in [0, 0.1) is 5.92 Å². The third-order valence-corrected chi connectivity index (χ3v) is 2.35. The SMILES string of the molecule is CCN(CCC(N)=S)CCC(C)C.